The van der Waals surface area contributed by atoms with Gasteiger partial charge in [-0.2, -0.15) is 5.10 Å². The predicted octanol–water partition coefficient (Wildman–Crippen LogP) is 2.75. The lowest BCUT2D eigenvalue weighted by Crippen LogP contribution is -2.38. The Balaban J connectivity index is 2.02. The Hall–Kier alpha value is -2.15. The zero-order valence-electron chi connectivity index (χ0n) is 17.0. The van der Waals surface area contributed by atoms with E-state index in [0.717, 1.165) is 29.6 Å². The van der Waals surface area contributed by atoms with Crippen LogP contribution in [0.2, 0.25) is 0 Å². The highest BCUT2D eigenvalue weighted by molar-refractivity contribution is 7.85. The van der Waals surface area contributed by atoms with E-state index in [9.17, 15) is 4.21 Å². The summed E-state index contributed by atoms with van der Waals surface area (Å²) in [5, 5.41) is 7.90. The van der Waals surface area contributed by atoms with Gasteiger partial charge in [0.25, 0.3) is 0 Å². The van der Waals surface area contributed by atoms with Gasteiger partial charge in [-0.3, -0.25) is 13.9 Å². The average Bonchev–Trinajstić information content (AvgIpc) is 3.02. The first kappa shape index (κ1) is 21.2. The van der Waals surface area contributed by atoms with Crippen LogP contribution in [0.3, 0.4) is 0 Å². The molecule has 0 saturated carbocycles. The first-order chi connectivity index (χ1) is 12.9. The fraction of sp³-hybridized carbons (Fsp3) is 0.500. The minimum absolute atomic E-state index is 0.377. The minimum atomic E-state index is -1.03. The molecule has 0 bridgehead atoms. The van der Waals surface area contributed by atoms with Crippen molar-refractivity contribution in [2.24, 2.45) is 12.0 Å². The van der Waals surface area contributed by atoms with Crippen LogP contribution in [0.5, 0.6) is 0 Å². The van der Waals surface area contributed by atoms with Crippen LogP contribution < -0.4 is 5.32 Å². The van der Waals surface area contributed by atoms with Crippen molar-refractivity contribution in [1.82, 2.24) is 20.0 Å². The summed E-state index contributed by atoms with van der Waals surface area (Å²) >= 11 is 0. The number of benzene rings is 1. The summed E-state index contributed by atoms with van der Waals surface area (Å²) in [5.74, 6) is 1.71. The number of hydrogen-bond acceptors (Lipinski definition) is 3. The molecule has 148 valence electrons. The molecule has 1 aromatic heterocycles. The molecule has 1 aromatic carbocycles. The molecule has 27 heavy (non-hydrogen) atoms. The van der Waals surface area contributed by atoms with Crippen LogP contribution in [0.25, 0.3) is 0 Å². The van der Waals surface area contributed by atoms with Crippen molar-refractivity contribution >= 4 is 16.8 Å². The number of aliphatic imine (C=N–C) groups is 1. The van der Waals surface area contributed by atoms with Crippen LogP contribution in [0, 0.1) is 0 Å². The summed E-state index contributed by atoms with van der Waals surface area (Å²) < 4.78 is 14.2. The normalized spacial score (nSPS) is 13.0. The second-order valence-corrected chi connectivity index (χ2v) is 8.39. The van der Waals surface area contributed by atoms with E-state index in [0.29, 0.717) is 18.2 Å². The summed E-state index contributed by atoms with van der Waals surface area (Å²) in [5.41, 5.74) is 2.32. The Kier molecular flexibility index (Phi) is 8.03. The Morgan fingerprint density at radius 3 is 2.67 bits per heavy atom. The number of rotatable bonds is 8. The van der Waals surface area contributed by atoms with Crippen LogP contribution in [0.4, 0.5) is 0 Å². The average molecular weight is 390 g/mol. The highest BCUT2D eigenvalue weighted by atomic mass is 32.2. The van der Waals surface area contributed by atoms with Crippen molar-refractivity contribution in [3.05, 3.63) is 47.8 Å². The predicted molar refractivity (Wildman–Crippen MR) is 112 cm³/mol. The van der Waals surface area contributed by atoms with Gasteiger partial charge in [-0.1, -0.05) is 32.0 Å². The molecule has 0 amide bonds. The number of nitrogens with zero attached hydrogens (tertiary/aromatic N) is 4. The molecule has 0 aliphatic carbocycles. The van der Waals surface area contributed by atoms with Gasteiger partial charge in [0, 0.05) is 49.6 Å². The third-order valence-electron chi connectivity index (χ3n) is 4.13. The molecule has 7 heteroatoms. The number of aromatic nitrogens is 2. The van der Waals surface area contributed by atoms with Gasteiger partial charge in [0.1, 0.15) is 0 Å². The molecule has 0 radical (unpaired) electrons. The summed E-state index contributed by atoms with van der Waals surface area (Å²) in [4.78, 5) is 7.61. The van der Waals surface area contributed by atoms with Gasteiger partial charge in [-0.15, -0.1) is 0 Å². The molecule has 1 unspecified atom stereocenters. The van der Waals surface area contributed by atoms with E-state index in [-0.39, 0.29) is 0 Å². The third kappa shape index (κ3) is 6.20. The van der Waals surface area contributed by atoms with Crippen LogP contribution in [-0.4, -0.2) is 50.7 Å². The molecular formula is C20H31N5OS. The number of guanidine groups is 1. The van der Waals surface area contributed by atoms with Gasteiger partial charge in [-0.05, 0) is 25.0 Å². The van der Waals surface area contributed by atoms with Crippen molar-refractivity contribution in [2.75, 3.05) is 25.9 Å². The molecule has 1 N–H and O–H groups in total. The second kappa shape index (κ2) is 10.3. The molecule has 0 aliphatic heterocycles. The Morgan fingerprint density at radius 2 is 2.04 bits per heavy atom. The van der Waals surface area contributed by atoms with Crippen molar-refractivity contribution in [1.29, 1.82) is 0 Å². The van der Waals surface area contributed by atoms with Crippen molar-refractivity contribution in [3.8, 4) is 0 Å². The molecule has 6 nitrogen and oxygen atoms in total. The number of hydrogen-bond donors (Lipinski definition) is 1. The lowest BCUT2D eigenvalue weighted by molar-refractivity contribution is 0.474. The Bertz CT molecular complexity index is 770. The second-order valence-electron chi connectivity index (χ2n) is 6.82. The molecule has 1 atom stereocenters. The van der Waals surface area contributed by atoms with E-state index in [2.05, 4.69) is 47.3 Å². The molecule has 1 heterocycles. The summed E-state index contributed by atoms with van der Waals surface area (Å²) in [6.07, 6.45) is 2.07. The summed E-state index contributed by atoms with van der Waals surface area (Å²) in [6.45, 7) is 8.39. The van der Waals surface area contributed by atoms with E-state index in [1.807, 2.05) is 49.1 Å². The first-order valence-corrected chi connectivity index (χ1v) is 10.7. The summed E-state index contributed by atoms with van der Waals surface area (Å²) in [6, 6.07) is 9.55. The lowest BCUT2D eigenvalue weighted by Gasteiger charge is -2.22. The standard InChI is InChI=1S/C20H31N5OS/c1-6-21-20(22-12-13-27(26)18-10-8-7-9-11-18)24(4)14-17-15-25(5)23-19(17)16(2)3/h7-11,15-16H,6,12-14H2,1-5H3,(H,21,22). The molecule has 0 saturated heterocycles. The Morgan fingerprint density at radius 1 is 1.33 bits per heavy atom. The van der Waals surface area contributed by atoms with Gasteiger partial charge in [-0.25, -0.2) is 0 Å². The van der Waals surface area contributed by atoms with Crippen LogP contribution >= 0.6 is 0 Å². The highest BCUT2D eigenvalue weighted by Gasteiger charge is 2.15. The minimum Gasteiger partial charge on any atom is -0.357 e. The molecular weight excluding hydrogens is 358 g/mol. The fourth-order valence-corrected chi connectivity index (χ4v) is 3.84. The smallest absolute Gasteiger partial charge is 0.193 e. The maximum atomic E-state index is 12.4. The van der Waals surface area contributed by atoms with Crippen molar-refractivity contribution < 1.29 is 4.21 Å². The monoisotopic (exact) mass is 389 g/mol. The zero-order chi connectivity index (χ0) is 19.8. The van der Waals surface area contributed by atoms with E-state index in [1.54, 1.807) is 0 Å². The van der Waals surface area contributed by atoms with E-state index in [4.69, 9.17) is 0 Å². The van der Waals surface area contributed by atoms with Gasteiger partial charge >= 0.3 is 0 Å². The first-order valence-electron chi connectivity index (χ1n) is 9.37. The summed E-state index contributed by atoms with van der Waals surface area (Å²) in [7, 11) is 2.94. The molecule has 0 spiro atoms. The quantitative estimate of drug-likeness (QED) is 0.557. The van der Waals surface area contributed by atoms with E-state index in [1.165, 1.54) is 5.56 Å². The van der Waals surface area contributed by atoms with Gasteiger partial charge in [0.2, 0.25) is 0 Å². The molecule has 0 aliphatic rings. The van der Waals surface area contributed by atoms with Crippen molar-refractivity contribution in [3.63, 3.8) is 0 Å². The van der Waals surface area contributed by atoms with Gasteiger partial charge < -0.3 is 10.2 Å². The van der Waals surface area contributed by atoms with E-state index < -0.39 is 10.8 Å². The van der Waals surface area contributed by atoms with Crippen molar-refractivity contribution in [2.45, 2.75) is 38.1 Å². The molecule has 2 rings (SSSR count). The fourth-order valence-electron chi connectivity index (χ4n) is 2.89. The largest absolute Gasteiger partial charge is 0.357 e. The number of nitrogens with one attached hydrogen (secondary N) is 1. The van der Waals surface area contributed by atoms with E-state index >= 15 is 0 Å². The maximum Gasteiger partial charge on any atom is 0.193 e. The third-order valence-corrected chi connectivity index (χ3v) is 5.48. The zero-order valence-corrected chi connectivity index (χ0v) is 17.8. The topological polar surface area (TPSA) is 62.5 Å². The highest BCUT2D eigenvalue weighted by Crippen LogP contribution is 2.18. The van der Waals surface area contributed by atoms with Crippen LogP contribution in [0.15, 0.2) is 46.4 Å². The lowest BCUT2D eigenvalue weighted by atomic mass is 10.1. The maximum absolute atomic E-state index is 12.4. The van der Waals surface area contributed by atoms with Gasteiger partial charge in [0.05, 0.1) is 23.0 Å². The molecule has 0 fully saturated rings. The molecule has 2 aromatic rings. The van der Waals surface area contributed by atoms with Gasteiger partial charge in [0.15, 0.2) is 5.96 Å². The number of aryl methyl sites for hydroxylation is 1. The SMILES string of the molecule is CCNC(=NCCS(=O)c1ccccc1)N(C)Cc1cn(C)nc1C(C)C. The Labute approximate surface area is 165 Å². The van der Waals surface area contributed by atoms with Crippen LogP contribution in [-0.2, 0) is 24.4 Å². The van der Waals surface area contributed by atoms with Crippen LogP contribution in [0.1, 0.15) is 37.9 Å².